The Kier molecular flexibility index (Phi) is 7.78. The molecule has 1 atom stereocenters. The van der Waals surface area contributed by atoms with E-state index in [0.29, 0.717) is 33.8 Å². The summed E-state index contributed by atoms with van der Waals surface area (Å²) in [4.78, 5) is 29.3. The van der Waals surface area contributed by atoms with Crippen molar-refractivity contribution in [1.82, 2.24) is 10.3 Å². The zero-order valence-electron chi connectivity index (χ0n) is 16.7. The van der Waals surface area contributed by atoms with Gasteiger partial charge in [0.25, 0.3) is 5.91 Å². The number of amides is 1. The van der Waals surface area contributed by atoms with Gasteiger partial charge in [0, 0.05) is 22.5 Å². The number of aromatic nitrogens is 1. The third kappa shape index (κ3) is 5.80. The van der Waals surface area contributed by atoms with E-state index >= 15 is 0 Å². The van der Waals surface area contributed by atoms with Gasteiger partial charge in [-0.15, -0.1) is 0 Å². The van der Waals surface area contributed by atoms with Gasteiger partial charge in [0.2, 0.25) is 0 Å². The number of fused-ring (bicyclic) bond motifs is 1. The lowest BCUT2D eigenvalue weighted by molar-refractivity contribution is -0.147. The van der Waals surface area contributed by atoms with Crippen LogP contribution in [0.25, 0.3) is 10.8 Å². The lowest BCUT2D eigenvalue weighted by atomic mass is 10.0. The molecular formula is C20H26ClN5O3. The first kappa shape index (κ1) is 22.4. The predicted octanol–water partition coefficient (Wildman–Crippen LogP) is 3.29. The van der Waals surface area contributed by atoms with Crippen LogP contribution in [0.2, 0.25) is 5.02 Å². The molecule has 1 heterocycles. The zero-order valence-corrected chi connectivity index (χ0v) is 17.5. The van der Waals surface area contributed by atoms with Crippen LogP contribution in [0.3, 0.4) is 0 Å². The Hall–Kier alpha value is -2.87. The number of nitrogens with one attached hydrogen (secondary N) is 3. The van der Waals surface area contributed by atoms with Gasteiger partial charge in [-0.2, -0.15) is 0 Å². The fourth-order valence-electron chi connectivity index (χ4n) is 2.71. The molecule has 1 unspecified atom stereocenters. The zero-order chi connectivity index (χ0) is 21.6. The van der Waals surface area contributed by atoms with Crippen LogP contribution in [-0.2, 0) is 9.53 Å². The second-order valence-electron chi connectivity index (χ2n) is 6.97. The number of hydrogen-bond acceptors (Lipinski definition) is 5. The molecule has 8 nitrogen and oxygen atoms in total. The Balaban J connectivity index is 2.29. The van der Waals surface area contributed by atoms with Crippen LogP contribution in [0.4, 0.5) is 5.82 Å². The van der Waals surface area contributed by atoms with Crippen LogP contribution in [0.15, 0.2) is 24.4 Å². The van der Waals surface area contributed by atoms with Crippen molar-refractivity contribution in [3.05, 3.63) is 35.0 Å². The van der Waals surface area contributed by atoms with Crippen molar-refractivity contribution in [1.29, 1.82) is 5.41 Å². The largest absolute Gasteiger partial charge is 0.464 e. The molecule has 0 bridgehead atoms. The predicted molar refractivity (Wildman–Crippen MR) is 114 cm³/mol. The molecule has 5 N–H and O–H groups in total. The number of halogens is 1. The first-order valence-corrected chi connectivity index (χ1v) is 9.79. The Morgan fingerprint density at radius 3 is 2.66 bits per heavy atom. The number of carbonyl (C=O) groups is 2. The molecular weight excluding hydrogens is 394 g/mol. The van der Waals surface area contributed by atoms with Gasteiger partial charge in [0.1, 0.15) is 11.9 Å². The average Bonchev–Trinajstić information content (AvgIpc) is 2.67. The van der Waals surface area contributed by atoms with Crippen molar-refractivity contribution in [3.8, 4) is 0 Å². The lowest BCUT2D eigenvalue weighted by Crippen LogP contribution is -2.45. The number of unbranched alkanes of at least 4 members (excludes halogenated alkanes) is 1. The van der Waals surface area contributed by atoms with Crippen molar-refractivity contribution >= 4 is 46.0 Å². The minimum absolute atomic E-state index is 0.139. The number of nitrogens with two attached hydrogens (primary N) is 1. The van der Waals surface area contributed by atoms with E-state index in [2.05, 4.69) is 15.6 Å². The Morgan fingerprint density at radius 2 is 2.03 bits per heavy atom. The lowest BCUT2D eigenvalue weighted by Gasteiger charge is -2.21. The van der Waals surface area contributed by atoms with E-state index in [4.69, 9.17) is 27.5 Å². The highest BCUT2D eigenvalue weighted by atomic mass is 35.5. The highest BCUT2D eigenvalue weighted by molar-refractivity contribution is 6.36. The fourth-order valence-corrected chi connectivity index (χ4v) is 2.92. The molecule has 1 aromatic carbocycles. The Morgan fingerprint density at radius 1 is 1.31 bits per heavy atom. The number of nitrogens with zero attached hydrogens (tertiary/aromatic N) is 1. The highest BCUT2D eigenvalue weighted by Crippen LogP contribution is 2.28. The molecule has 2 rings (SSSR count). The molecule has 0 saturated heterocycles. The maximum Gasteiger partial charge on any atom is 0.328 e. The maximum atomic E-state index is 12.8. The minimum Gasteiger partial charge on any atom is -0.464 e. The van der Waals surface area contributed by atoms with E-state index in [1.165, 1.54) is 6.20 Å². The van der Waals surface area contributed by atoms with Gasteiger partial charge in [-0.05, 0) is 24.5 Å². The molecule has 0 aliphatic carbocycles. The molecule has 156 valence electrons. The summed E-state index contributed by atoms with van der Waals surface area (Å²) < 4.78 is 5.26. The number of hydrogen-bond donors (Lipinski definition) is 4. The van der Waals surface area contributed by atoms with E-state index in [1.807, 2.05) is 20.8 Å². The molecule has 0 saturated carbocycles. The van der Waals surface area contributed by atoms with Crippen LogP contribution >= 0.6 is 11.6 Å². The molecule has 2 aromatic rings. The van der Waals surface area contributed by atoms with Gasteiger partial charge < -0.3 is 21.1 Å². The van der Waals surface area contributed by atoms with Crippen LogP contribution in [0.1, 0.15) is 44.0 Å². The smallest absolute Gasteiger partial charge is 0.328 e. The average molecular weight is 420 g/mol. The van der Waals surface area contributed by atoms with E-state index < -0.39 is 17.9 Å². The van der Waals surface area contributed by atoms with Gasteiger partial charge in [-0.3, -0.25) is 10.2 Å². The van der Waals surface area contributed by atoms with Crippen molar-refractivity contribution in [2.75, 3.05) is 11.9 Å². The second kappa shape index (κ2) is 10.1. The number of rotatable bonds is 8. The normalized spacial score (nSPS) is 11.9. The van der Waals surface area contributed by atoms with Crippen molar-refractivity contribution < 1.29 is 14.3 Å². The number of anilines is 1. The van der Waals surface area contributed by atoms with Crippen LogP contribution in [0, 0.1) is 11.3 Å². The third-order valence-corrected chi connectivity index (χ3v) is 4.60. The molecule has 29 heavy (non-hydrogen) atoms. The van der Waals surface area contributed by atoms with Gasteiger partial charge >= 0.3 is 5.97 Å². The summed E-state index contributed by atoms with van der Waals surface area (Å²) in [6.45, 7) is 6.01. The van der Waals surface area contributed by atoms with Gasteiger partial charge in [0.05, 0.1) is 11.6 Å². The van der Waals surface area contributed by atoms with Crippen molar-refractivity contribution in [2.24, 2.45) is 11.7 Å². The van der Waals surface area contributed by atoms with E-state index in [1.54, 1.807) is 18.2 Å². The minimum atomic E-state index is -0.762. The van der Waals surface area contributed by atoms with E-state index in [9.17, 15) is 9.59 Å². The summed E-state index contributed by atoms with van der Waals surface area (Å²) in [6.07, 6.45) is 3.13. The maximum absolute atomic E-state index is 12.8. The summed E-state index contributed by atoms with van der Waals surface area (Å²) in [5.74, 6) is -0.991. The van der Waals surface area contributed by atoms with Crippen LogP contribution in [-0.4, -0.2) is 35.5 Å². The molecule has 0 spiro atoms. The number of guanidine groups is 1. The summed E-state index contributed by atoms with van der Waals surface area (Å²) in [7, 11) is 0. The number of esters is 1. The fraction of sp³-hybridized carbons (Fsp3) is 0.400. The molecule has 1 aromatic heterocycles. The Bertz CT molecular complexity index is 916. The standard InChI is InChI=1S/C20H26ClN5O3/c1-4-5-8-29-19(28)16(11(2)3)25-18(27)12-6-7-13-14(9-12)17(26-20(22)23)24-10-15(13)21/h6-7,9-11,16H,4-5,8H2,1-3H3,(H,25,27)(H4,22,23,24,26). The van der Waals surface area contributed by atoms with Crippen LogP contribution < -0.4 is 16.4 Å². The molecule has 0 fully saturated rings. The Labute approximate surface area is 174 Å². The van der Waals surface area contributed by atoms with Crippen LogP contribution in [0.5, 0.6) is 0 Å². The number of pyridine rings is 1. The second-order valence-corrected chi connectivity index (χ2v) is 7.38. The summed E-state index contributed by atoms with van der Waals surface area (Å²) >= 11 is 6.19. The molecule has 1 amide bonds. The van der Waals surface area contributed by atoms with Crippen molar-refractivity contribution in [3.63, 3.8) is 0 Å². The van der Waals surface area contributed by atoms with E-state index in [0.717, 1.165) is 12.8 Å². The quantitative estimate of drug-likeness (QED) is 0.225. The van der Waals surface area contributed by atoms with Gasteiger partial charge in [0.15, 0.2) is 5.96 Å². The van der Waals surface area contributed by atoms with Gasteiger partial charge in [-0.25, -0.2) is 9.78 Å². The third-order valence-electron chi connectivity index (χ3n) is 4.30. The summed E-state index contributed by atoms with van der Waals surface area (Å²) in [5.41, 5.74) is 5.72. The topological polar surface area (TPSA) is 130 Å². The molecule has 0 aliphatic rings. The summed E-state index contributed by atoms with van der Waals surface area (Å²) in [6, 6.07) is 4.13. The van der Waals surface area contributed by atoms with E-state index in [-0.39, 0.29) is 11.9 Å². The number of benzene rings is 1. The first-order chi connectivity index (χ1) is 13.7. The van der Waals surface area contributed by atoms with Gasteiger partial charge in [-0.1, -0.05) is 44.9 Å². The highest BCUT2D eigenvalue weighted by Gasteiger charge is 2.26. The number of ether oxygens (including phenoxy) is 1. The van der Waals surface area contributed by atoms with Crippen molar-refractivity contribution in [2.45, 2.75) is 39.7 Å². The first-order valence-electron chi connectivity index (χ1n) is 9.41. The summed E-state index contributed by atoms with van der Waals surface area (Å²) in [5, 5.41) is 14.4. The molecule has 9 heteroatoms. The SMILES string of the molecule is CCCCOC(=O)C(NC(=O)c1ccc2c(Cl)cnc(NC(=N)N)c2c1)C(C)C. The number of carbonyl (C=O) groups excluding carboxylic acids is 2. The monoisotopic (exact) mass is 419 g/mol. The molecule has 0 aliphatic heterocycles. The molecule has 0 radical (unpaired) electrons.